The largest absolute Gasteiger partial charge is 0.497 e. The van der Waals surface area contributed by atoms with E-state index in [1.807, 2.05) is 52.0 Å². The third-order valence-electron chi connectivity index (χ3n) is 4.10. The molecule has 1 amide bonds. The number of nitrogens with zero attached hydrogens (tertiary/aromatic N) is 1. The predicted octanol–water partition coefficient (Wildman–Crippen LogP) is 4.64. The Morgan fingerprint density at radius 3 is 2.59 bits per heavy atom. The van der Waals surface area contributed by atoms with E-state index in [0.29, 0.717) is 22.7 Å². The van der Waals surface area contributed by atoms with Crippen molar-refractivity contribution < 1.29 is 14.3 Å². The fourth-order valence-electron chi connectivity index (χ4n) is 2.50. The second-order valence-electron chi connectivity index (χ2n) is 6.44. The number of hydrogen-bond donors (Lipinski definition) is 1. The topological polar surface area (TPSA) is 71.3 Å². The maximum atomic E-state index is 12.6. The minimum absolute atomic E-state index is 0.00493. The van der Waals surface area contributed by atoms with E-state index in [1.165, 1.54) is 6.08 Å². The molecule has 27 heavy (non-hydrogen) atoms. The van der Waals surface area contributed by atoms with Crippen molar-refractivity contribution in [3.8, 4) is 17.6 Å². The molecule has 0 spiro atoms. The Morgan fingerprint density at radius 1 is 1.22 bits per heavy atom. The number of ether oxygens (including phenoxy) is 2. The van der Waals surface area contributed by atoms with Crippen LogP contribution in [-0.2, 0) is 4.79 Å². The van der Waals surface area contributed by atoms with Gasteiger partial charge in [0.15, 0.2) is 0 Å². The number of aryl methyl sites for hydroxylation is 1. The Kier molecular flexibility index (Phi) is 6.62. The molecule has 0 unspecified atom stereocenters. The van der Waals surface area contributed by atoms with Gasteiger partial charge in [-0.1, -0.05) is 12.1 Å². The van der Waals surface area contributed by atoms with Gasteiger partial charge in [0.2, 0.25) is 0 Å². The van der Waals surface area contributed by atoms with Crippen molar-refractivity contribution in [2.24, 2.45) is 0 Å². The van der Waals surface area contributed by atoms with Crippen LogP contribution in [-0.4, -0.2) is 19.1 Å². The third-order valence-corrected chi connectivity index (χ3v) is 4.10. The smallest absolute Gasteiger partial charge is 0.266 e. The van der Waals surface area contributed by atoms with E-state index >= 15 is 0 Å². The molecule has 0 aliphatic rings. The molecular formula is C22H24N2O3. The number of carbonyl (C=O) groups is 1. The summed E-state index contributed by atoms with van der Waals surface area (Å²) < 4.78 is 11.0. The molecule has 2 aromatic rings. The van der Waals surface area contributed by atoms with Gasteiger partial charge < -0.3 is 14.8 Å². The number of hydrogen-bond acceptors (Lipinski definition) is 4. The van der Waals surface area contributed by atoms with Gasteiger partial charge in [-0.3, -0.25) is 4.79 Å². The van der Waals surface area contributed by atoms with E-state index in [4.69, 9.17) is 9.47 Å². The average Bonchev–Trinajstić information content (AvgIpc) is 2.63. The first-order valence-corrected chi connectivity index (χ1v) is 8.69. The molecule has 0 atom stereocenters. The van der Waals surface area contributed by atoms with Gasteiger partial charge in [-0.25, -0.2) is 0 Å². The molecule has 2 aromatic carbocycles. The van der Waals surface area contributed by atoms with Crippen LogP contribution in [0.1, 0.15) is 30.5 Å². The highest BCUT2D eigenvalue weighted by molar-refractivity contribution is 6.10. The molecule has 2 rings (SSSR count). The van der Waals surface area contributed by atoms with Crippen molar-refractivity contribution in [1.29, 1.82) is 5.26 Å². The molecule has 0 fully saturated rings. The molecule has 5 nitrogen and oxygen atoms in total. The maximum Gasteiger partial charge on any atom is 0.266 e. The van der Waals surface area contributed by atoms with Crippen LogP contribution >= 0.6 is 0 Å². The number of rotatable bonds is 6. The van der Waals surface area contributed by atoms with Crippen molar-refractivity contribution in [2.45, 2.75) is 33.8 Å². The number of nitriles is 1. The van der Waals surface area contributed by atoms with Gasteiger partial charge in [-0.05, 0) is 63.1 Å². The molecule has 5 heteroatoms. The standard InChI is InChI=1S/C22H24N2O3/c1-14(2)27-21-12-19(26-5)10-9-17(21)11-18(13-23)22(25)24-20-8-6-7-15(3)16(20)4/h6-12,14H,1-5H3,(H,24,25)/b18-11+. The third kappa shape index (κ3) is 5.11. The van der Waals surface area contributed by atoms with Gasteiger partial charge in [0.1, 0.15) is 23.1 Å². The highest BCUT2D eigenvalue weighted by Gasteiger charge is 2.14. The Balaban J connectivity index is 2.36. The van der Waals surface area contributed by atoms with E-state index in [1.54, 1.807) is 25.3 Å². The van der Waals surface area contributed by atoms with E-state index in [0.717, 1.165) is 11.1 Å². The molecule has 0 saturated carbocycles. The lowest BCUT2D eigenvalue weighted by Crippen LogP contribution is -2.14. The van der Waals surface area contributed by atoms with Crippen molar-refractivity contribution in [1.82, 2.24) is 0 Å². The van der Waals surface area contributed by atoms with Crippen molar-refractivity contribution in [3.05, 3.63) is 58.7 Å². The summed E-state index contributed by atoms with van der Waals surface area (Å²) in [6.07, 6.45) is 1.47. The summed E-state index contributed by atoms with van der Waals surface area (Å²) in [6, 6.07) is 12.9. The van der Waals surface area contributed by atoms with E-state index in [-0.39, 0.29) is 11.7 Å². The number of methoxy groups -OCH3 is 1. The molecule has 0 saturated heterocycles. The summed E-state index contributed by atoms with van der Waals surface area (Å²) in [5, 5.41) is 12.3. The van der Waals surface area contributed by atoms with Gasteiger partial charge in [-0.15, -0.1) is 0 Å². The van der Waals surface area contributed by atoms with Crippen LogP contribution in [0.25, 0.3) is 6.08 Å². The maximum absolute atomic E-state index is 12.6. The van der Waals surface area contributed by atoms with Crippen LogP contribution in [0.5, 0.6) is 11.5 Å². The van der Waals surface area contributed by atoms with E-state index in [9.17, 15) is 10.1 Å². The Hall–Kier alpha value is -3.26. The Bertz CT molecular complexity index is 908. The summed E-state index contributed by atoms with van der Waals surface area (Å²) in [7, 11) is 1.57. The molecule has 0 radical (unpaired) electrons. The monoisotopic (exact) mass is 364 g/mol. The molecule has 140 valence electrons. The van der Waals surface area contributed by atoms with Crippen LogP contribution in [0, 0.1) is 25.2 Å². The normalized spacial score (nSPS) is 11.1. The average molecular weight is 364 g/mol. The van der Waals surface area contributed by atoms with Crippen LogP contribution in [0.15, 0.2) is 42.0 Å². The summed E-state index contributed by atoms with van der Waals surface area (Å²) in [4.78, 5) is 12.6. The summed E-state index contributed by atoms with van der Waals surface area (Å²) in [5.41, 5.74) is 3.36. The van der Waals surface area contributed by atoms with E-state index < -0.39 is 5.91 Å². The first-order valence-electron chi connectivity index (χ1n) is 8.69. The lowest BCUT2D eigenvalue weighted by atomic mass is 10.1. The van der Waals surface area contributed by atoms with Gasteiger partial charge in [0.05, 0.1) is 13.2 Å². The van der Waals surface area contributed by atoms with Gasteiger partial charge in [-0.2, -0.15) is 5.26 Å². The molecule has 0 aliphatic heterocycles. The number of amides is 1. The second-order valence-corrected chi connectivity index (χ2v) is 6.44. The Labute approximate surface area is 160 Å². The lowest BCUT2D eigenvalue weighted by Gasteiger charge is -2.14. The Morgan fingerprint density at radius 2 is 1.96 bits per heavy atom. The molecule has 0 aliphatic carbocycles. The van der Waals surface area contributed by atoms with Gasteiger partial charge >= 0.3 is 0 Å². The highest BCUT2D eigenvalue weighted by Crippen LogP contribution is 2.28. The number of benzene rings is 2. The zero-order valence-electron chi connectivity index (χ0n) is 16.3. The highest BCUT2D eigenvalue weighted by atomic mass is 16.5. The molecule has 1 N–H and O–H groups in total. The fourth-order valence-corrected chi connectivity index (χ4v) is 2.50. The SMILES string of the molecule is COc1ccc(/C=C(\C#N)C(=O)Nc2cccc(C)c2C)c(OC(C)C)c1. The zero-order valence-corrected chi connectivity index (χ0v) is 16.3. The van der Waals surface area contributed by atoms with Crippen molar-refractivity contribution >= 4 is 17.7 Å². The van der Waals surface area contributed by atoms with Crippen LogP contribution in [0.2, 0.25) is 0 Å². The predicted molar refractivity (Wildman–Crippen MR) is 107 cm³/mol. The lowest BCUT2D eigenvalue weighted by molar-refractivity contribution is -0.112. The van der Waals surface area contributed by atoms with Crippen LogP contribution < -0.4 is 14.8 Å². The number of nitrogens with one attached hydrogen (secondary N) is 1. The summed E-state index contributed by atoms with van der Waals surface area (Å²) >= 11 is 0. The molecule has 0 aromatic heterocycles. The minimum Gasteiger partial charge on any atom is -0.497 e. The van der Waals surface area contributed by atoms with Crippen molar-refractivity contribution in [2.75, 3.05) is 12.4 Å². The van der Waals surface area contributed by atoms with Gasteiger partial charge in [0.25, 0.3) is 5.91 Å². The quantitative estimate of drug-likeness (QED) is 0.598. The van der Waals surface area contributed by atoms with Crippen LogP contribution in [0.4, 0.5) is 5.69 Å². The second kappa shape index (κ2) is 8.91. The molecule has 0 heterocycles. The van der Waals surface area contributed by atoms with Crippen molar-refractivity contribution in [3.63, 3.8) is 0 Å². The summed E-state index contributed by atoms with van der Waals surface area (Å²) in [5.74, 6) is 0.732. The molecular weight excluding hydrogens is 340 g/mol. The minimum atomic E-state index is -0.461. The molecule has 0 bridgehead atoms. The first-order chi connectivity index (χ1) is 12.8. The zero-order chi connectivity index (χ0) is 20.0. The fraction of sp³-hybridized carbons (Fsp3) is 0.273. The van der Waals surface area contributed by atoms with Gasteiger partial charge in [0, 0.05) is 17.3 Å². The van der Waals surface area contributed by atoms with E-state index in [2.05, 4.69) is 5.32 Å². The number of anilines is 1. The number of carbonyl (C=O) groups excluding carboxylic acids is 1. The summed E-state index contributed by atoms with van der Waals surface area (Å²) in [6.45, 7) is 7.72. The first kappa shape index (κ1) is 20.1. The van der Waals surface area contributed by atoms with Crippen LogP contribution in [0.3, 0.4) is 0 Å².